The monoisotopic (exact) mass is 428 g/mol. The number of benzene rings is 1. The number of amides is 2. The number of ether oxygens (including phenoxy) is 1. The third-order valence-corrected chi connectivity index (χ3v) is 6.96. The fourth-order valence-corrected chi connectivity index (χ4v) is 5.54. The first-order chi connectivity index (χ1) is 15.0. The number of allylic oxidation sites excluding steroid dienone is 2. The van der Waals surface area contributed by atoms with E-state index >= 15 is 0 Å². The molecule has 6 heteroatoms. The van der Waals surface area contributed by atoms with Crippen LogP contribution >= 0.6 is 0 Å². The molecule has 0 radical (unpaired) electrons. The van der Waals surface area contributed by atoms with Gasteiger partial charge in [-0.25, -0.2) is 4.79 Å². The molecule has 2 fully saturated rings. The van der Waals surface area contributed by atoms with E-state index in [1.807, 2.05) is 24.3 Å². The Bertz CT molecular complexity index is 761. The maximum Gasteiger partial charge on any atom is 0.319 e. The number of carboxylic acids is 1. The van der Waals surface area contributed by atoms with E-state index in [4.69, 9.17) is 9.84 Å². The molecule has 2 bridgehead atoms. The topological polar surface area (TPSA) is 87.7 Å². The molecule has 170 valence electrons. The van der Waals surface area contributed by atoms with Crippen molar-refractivity contribution in [2.75, 3.05) is 12.4 Å². The third kappa shape index (κ3) is 6.74. The Hall–Kier alpha value is -2.50. The first kappa shape index (κ1) is 23.2. The molecule has 31 heavy (non-hydrogen) atoms. The molecule has 2 saturated carbocycles. The Morgan fingerprint density at radius 1 is 1.16 bits per heavy atom. The van der Waals surface area contributed by atoms with Crippen LogP contribution in [-0.4, -0.2) is 30.3 Å². The van der Waals surface area contributed by atoms with Crippen molar-refractivity contribution in [1.82, 2.24) is 5.32 Å². The third-order valence-electron chi connectivity index (χ3n) is 6.96. The zero-order chi connectivity index (χ0) is 22.2. The predicted octanol–water partition coefficient (Wildman–Crippen LogP) is 5.46. The number of carboxylic acid groups (broad SMARTS) is 1. The molecule has 6 nitrogen and oxygen atoms in total. The van der Waals surface area contributed by atoms with Crippen molar-refractivity contribution >= 4 is 17.7 Å². The van der Waals surface area contributed by atoms with E-state index in [0.717, 1.165) is 42.5 Å². The SMILES string of the molecule is COc1ccc(NC(=O)NC(C)CC2C3CCC(C3)C2C/C=C\CCCC(=O)O)cc1. The van der Waals surface area contributed by atoms with Gasteiger partial charge < -0.3 is 20.5 Å². The maximum atomic E-state index is 12.4. The predicted molar refractivity (Wildman–Crippen MR) is 122 cm³/mol. The van der Waals surface area contributed by atoms with Crippen molar-refractivity contribution in [1.29, 1.82) is 0 Å². The molecule has 0 aromatic heterocycles. The molecular formula is C25H36N2O4. The largest absolute Gasteiger partial charge is 0.497 e. The fourth-order valence-electron chi connectivity index (χ4n) is 5.54. The van der Waals surface area contributed by atoms with Crippen molar-refractivity contribution in [2.45, 2.75) is 64.3 Å². The number of hydrogen-bond donors (Lipinski definition) is 3. The van der Waals surface area contributed by atoms with Gasteiger partial charge in [-0.2, -0.15) is 0 Å². The smallest absolute Gasteiger partial charge is 0.319 e. The number of unbranched alkanes of at least 4 members (excludes halogenated alkanes) is 1. The van der Waals surface area contributed by atoms with Crippen LogP contribution in [0.2, 0.25) is 0 Å². The molecule has 1 aromatic carbocycles. The van der Waals surface area contributed by atoms with Gasteiger partial charge in [0.25, 0.3) is 0 Å². The number of fused-ring (bicyclic) bond motifs is 2. The molecule has 3 rings (SSSR count). The number of nitrogens with one attached hydrogen (secondary N) is 2. The highest BCUT2D eigenvalue weighted by atomic mass is 16.5. The summed E-state index contributed by atoms with van der Waals surface area (Å²) in [6, 6.07) is 7.26. The highest BCUT2D eigenvalue weighted by Gasteiger charge is 2.46. The number of urea groups is 1. The average molecular weight is 429 g/mol. The number of hydrogen-bond acceptors (Lipinski definition) is 3. The van der Waals surface area contributed by atoms with Crippen LogP contribution in [0.1, 0.15) is 58.3 Å². The summed E-state index contributed by atoms with van der Waals surface area (Å²) in [6.45, 7) is 2.10. The van der Waals surface area contributed by atoms with Gasteiger partial charge >= 0.3 is 12.0 Å². The molecular weight excluding hydrogens is 392 g/mol. The van der Waals surface area contributed by atoms with Gasteiger partial charge in [0.2, 0.25) is 0 Å². The van der Waals surface area contributed by atoms with Crippen LogP contribution in [0.5, 0.6) is 5.75 Å². The van der Waals surface area contributed by atoms with Gasteiger partial charge in [0.15, 0.2) is 0 Å². The van der Waals surface area contributed by atoms with Gasteiger partial charge in [0.1, 0.15) is 5.75 Å². The number of methoxy groups -OCH3 is 1. The number of aliphatic carboxylic acids is 1. The van der Waals surface area contributed by atoms with Crippen LogP contribution in [0.4, 0.5) is 10.5 Å². The summed E-state index contributed by atoms with van der Waals surface area (Å²) in [5.41, 5.74) is 0.747. The van der Waals surface area contributed by atoms with Crippen molar-refractivity contribution in [3.05, 3.63) is 36.4 Å². The minimum absolute atomic E-state index is 0.115. The molecule has 0 heterocycles. The van der Waals surface area contributed by atoms with Crippen LogP contribution in [0.3, 0.4) is 0 Å². The van der Waals surface area contributed by atoms with Gasteiger partial charge in [-0.3, -0.25) is 4.79 Å². The Balaban J connectivity index is 1.45. The Labute approximate surface area is 185 Å². The first-order valence-electron chi connectivity index (χ1n) is 11.5. The number of anilines is 1. The highest BCUT2D eigenvalue weighted by molar-refractivity contribution is 5.89. The molecule has 2 aliphatic carbocycles. The Kier molecular flexibility index (Phi) is 8.38. The lowest BCUT2D eigenvalue weighted by Gasteiger charge is -2.32. The Morgan fingerprint density at radius 3 is 2.55 bits per heavy atom. The second-order valence-corrected chi connectivity index (χ2v) is 9.12. The summed E-state index contributed by atoms with van der Waals surface area (Å²) in [5, 5.41) is 14.7. The minimum atomic E-state index is -0.723. The van der Waals surface area contributed by atoms with E-state index < -0.39 is 5.97 Å². The number of rotatable bonds is 11. The summed E-state index contributed by atoms with van der Waals surface area (Å²) in [6.07, 6.45) is 12.2. The van der Waals surface area contributed by atoms with E-state index in [0.29, 0.717) is 18.3 Å². The van der Waals surface area contributed by atoms with Crippen molar-refractivity contribution in [2.24, 2.45) is 23.7 Å². The van der Waals surface area contributed by atoms with Crippen LogP contribution < -0.4 is 15.4 Å². The van der Waals surface area contributed by atoms with E-state index in [1.54, 1.807) is 7.11 Å². The molecule has 2 amide bonds. The quantitative estimate of drug-likeness (QED) is 0.323. The second kappa shape index (κ2) is 11.2. The standard InChI is InChI=1S/C25H36N2O4/c1-17(26-25(30)27-20-11-13-21(31-2)14-12-20)15-23-19-10-9-18(16-19)22(23)7-5-3-4-6-8-24(28)29/h3,5,11-14,17-19,22-23H,4,6-10,15-16H2,1-2H3,(H,28,29)(H2,26,27,30)/b5-3-. The minimum Gasteiger partial charge on any atom is -0.497 e. The van der Waals surface area contributed by atoms with E-state index in [9.17, 15) is 9.59 Å². The molecule has 0 spiro atoms. The normalized spacial score (nSPS) is 25.5. The average Bonchev–Trinajstić information content (AvgIpc) is 3.33. The molecule has 3 N–H and O–H groups in total. The summed E-state index contributed by atoms with van der Waals surface area (Å²) in [4.78, 5) is 23.0. The lowest BCUT2D eigenvalue weighted by molar-refractivity contribution is -0.137. The number of carbonyl (C=O) groups excluding carboxylic acids is 1. The van der Waals surface area contributed by atoms with Crippen LogP contribution in [0.25, 0.3) is 0 Å². The van der Waals surface area contributed by atoms with Crippen LogP contribution in [-0.2, 0) is 4.79 Å². The van der Waals surface area contributed by atoms with E-state index in [2.05, 4.69) is 29.7 Å². The summed E-state index contributed by atoms with van der Waals surface area (Å²) in [5.74, 6) is 2.96. The molecule has 0 saturated heterocycles. The zero-order valence-electron chi connectivity index (χ0n) is 18.7. The molecule has 1 aromatic rings. The lowest BCUT2D eigenvalue weighted by Crippen LogP contribution is -2.39. The zero-order valence-corrected chi connectivity index (χ0v) is 18.7. The lowest BCUT2D eigenvalue weighted by atomic mass is 9.74. The van der Waals surface area contributed by atoms with Crippen LogP contribution in [0.15, 0.2) is 36.4 Å². The van der Waals surface area contributed by atoms with Crippen molar-refractivity contribution < 1.29 is 19.4 Å². The van der Waals surface area contributed by atoms with Crippen molar-refractivity contribution in [3.63, 3.8) is 0 Å². The fraction of sp³-hybridized carbons (Fsp3) is 0.600. The van der Waals surface area contributed by atoms with Gasteiger partial charge in [-0.05, 0) is 99.8 Å². The summed E-state index contributed by atoms with van der Waals surface area (Å²) >= 11 is 0. The van der Waals surface area contributed by atoms with Gasteiger partial charge in [-0.15, -0.1) is 0 Å². The van der Waals surface area contributed by atoms with Gasteiger partial charge in [0.05, 0.1) is 7.11 Å². The Morgan fingerprint density at radius 2 is 1.87 bits per heavy atom. The van der Waals surface area contributed by atoms with Crippen molar-refractivity contribution in [3.8, 4) is 5.75 Å². The second-order valence-electron chi connectivity index (χ2n) is 9.12. The number of carbonyl (C=O) groups is 2. The maximum absolute atomic E-state index is 12.4. The summed E-state index contributed by atoms with van der Waals surface area (Å²) in [7, 11) is 1.62. The molecule has 5 atom stereocenters. The van der Waals surface area contributed by atoms with Gasteiger partial charge in [0, 0.05) is 18.2 Å². The molecule has 5 unspecified atom stereocenters. The molecule has 2 aliphatic rings. The highest BCUT2D eigenvalue weighted by Crippen LogP contribution is 2.55. The van der Waals surface area contributed by atoms with E-state index in [-0.39, 0.29) is 18.5 Å². The summed E-state index contributed by atoms with van der Waals surface area (Å²) < 4.78 is 5.15. The molecule has 0 aliphatic heterocycles. The van der Waals surface area contributed by atoms with Gasteiger partial charge in [-0.1, -0.05) is 12.2 Å². The van der Waals surface area contributed by atoms with Crippen LogP contribution in [0, 0.1) is 23.7 Å². The first-order valence-corrected chi connectivity index (χ1v) is 11.5. The van der Waals surface area contributed by atoms with E-state index in [1.165, 1.54) is 19.3 Å².